The van der Waals surface area contributed by atoms with E-state index >= 15 is 0 Å². The van der Waals surface area contributed by atoms with Crippen LogP contribution in [0.4, 0.5) is 0 Å². The third-order valence-electron chi connectivity index (χ3n) is 5.10. The molecule has 0 radical (unpaired) electrons. The van der Waals surface area contributed by atoms with Crippen LogP contribution in [0.1, 0.15) is 90.8 Å². The van der Waals surface area contributed by atoms with Gasteiger partial charge in [-0.05, 0) is 104 Å². The molecular weight excluding hydrogens is 348 g/mol. The van der Waals surface area contributed by atoms with Crippen molar-refractivity contribution in [3.8, 4) is 0 Å². The predicted octanol–water partition coefficient (Wildman–Crippen LogP) is 9.19. The van der Waals surface area contributed by atoms with Crippen molar-refractivity contribution in [3.63, 3.8) is 0 Å². The van der Waals surface area contributed by atoms with Crippen molar-refractivity contribution in [1.29, 1.82) is 0 Å². The first kappa shape index (κ1) is 25.0. The maximum atomic E-state index is 4.17. The summed E-state index contributed by atoms with van der Waals surface area (Å²) in [5, 5.41) is 0. The molecule has 0 aliphatic rings. The van der Waals surface area contributed by atoms with Crippen LogP contribution in [0.5, 0.6) is 0 Å². The molecule has 0 aliphatic heterocycles. The fourth-order valence-corrected chi connectivity index (χ4v) is 3.21. The summed E-state index contributed by atoms with van der Waals surface area (Å²) in [6.45, 7) is 19.4. The lowest BCUT2D eigenvalue weighted by molar-refractivity contribution is 0.953. The molecule has 0 aliphatic carbocycles. The lowest BCUT2D eigenvalue weighted by atomic mass is 9.96. The molecule has 0 aromatic heterocycles. The molecule has 0 atom stereocenters. The van der Waals surface area contributed by atoms with Gasteiger partial charge in [-0.25, -0.2) is 0 Å². The minimum absolute atomic E-state index is 0.998. The van der Waals surface area contributed by atoms with Crippen LogP contribution in [-0.4, -0.2) is 0 Å². The zero-order chi connectivity index (χ0) is 21.8. The van der Waals surface area contributed by atoms with E-state index in [9.17, 15) is 0 Å². The van der Waals surface area contributed by atoms with Crippen LogP contribution in [0.3, 0.4) is 0 Å². The van der Waals surface area contributed by atoms with Gasteiger partial charge in [-0.15, -0.1) is 0 Å². The molecule has 0 spiro atoms. The second-order valence-electron chi connectivity index (χ2n) is 8.97. The van der Waals surface area contributed by atoms with E-state index in [0.29, 0.717) is 0 Å². The van der Waals surface area contributed by atoms with Crippen LogP contribution < -0.4 is 0 Å². The van der Waals surface area contributed by atoms with Crippen LogP contribution in [0, 0.1) is 0 Å². The molecule has 158 valence electrons. The molecule has 0 nitrogen and oxygen atoms in total. The van der Waals surface area contributed by atoms with Crippen LogP contribution in [0.2, 0.25) is 0 Å². The van der Waals surface area contributed by atoms with E-state index in [4.69, 9.17) is 0 Å². The highest BCUT2D eigenvalue weighted by Crippen LogP contribution is 2.20. The minimum atomic E-state index is 0.998. The lowest BCUT2D eigenvalue weighted by Gasteiger charge is -2.09. The minimum Gasteiger partial charge on any atom is -0.0955 e. The van der Waals surface area contributed by atoms with Crippen LogP contribution in [0.15, 0.2) is 71.4 Å². The Hall–Kier alpha value is -2.08. The van der Waals surface area contributed by atoms with Gasteiger partial charge in [-0.3, -0.25) is 0 Å². The summed E-state index contributed by atoms with van der Waals surface area (Å²) < 4.78 is 0. The van der Waals surface area contributed by atoms with Crippen molar-refractivity contribution in [3.05, 3.63) is 88.1 Å². The molecule has 0 saturated carbocycles. The van der Waals surface area contributed by atoms with Gasteiger partial charge in [0.2, 0.25) is 0 Å². The first-order valence-electron chi connectivity index (χ1n) is 11.0. The summed E-state index contributed by atoms with van der Waals surface area (Å²) in [6, 6.07) is 6.97. The maximum absolute atomic E-state index is 4.17. The Balaban J connectivity index is 2.84. The second-order valence-corrected chi connectivity index (χ2v) is 8.97. The van der Waals surface area contributed by atoms with Crippen molar-refractivity contribution >= 4 is 5.57 Å². The van der Waals surface area contributed by atoms with Gasteiger partial charge in [0, 0.05) is 0 Å². The Labute approximate surface area is 180 Å². The zero-order valence-electron chi connectivity index (χ0n) is 20.0. The SMILES string of the molecule is C=C(C)c1cc(C/C=C(\C)CCC=C(C)C)cc(C/C=C(\C)CCC=C(C)C)c1. The van der Waals surface area contributed by atoms with E-state index in [-0.39, 0.29) is 0 Å². The highest BCUT2D eigenvalue weighted by molar-refractivity contribution is 5.63. The van der Waals surface area contributed by atoms with Gasteiger partial charge in [0.15, 0.2) is 0 Å². The van der Waals surface area contributed by atoms with Gasteiger partial charge in [-0.2, -0.15) is 0 Å². The molecule has 0 heteroatoms. The van der Waals surface area contributed by atoms with Crippen molar-refractivity contribution in [1.82, 2.24) is 0 Å². The molecule has 0 N–H and O–H groups in total. The average Bonchev–Trinajstić information content (AvgIpc) is 2.64. The first-order valence-corrected chi connectivity index (χ1v) is 11.0. The molecular formula is C29H42. The van der Waals surface area contributed by atoms with E-state index in [1.54, 1.807) is 0 Å². The highest BCUT2D eigenvalue weighted by Gasteiger charge is 2.02. The smallest absolute Gasteiger partial charge is 0.00946 e. The number of hydrogen-bond acceptors (Lipinski definition) is 0. The monoisotopic (exact) mass is 390 g/mol. The summed E-state index contributed by atoms with van der Waals surface area (Å²) in [7, 11) is 0. The lowest BCUT2D eigenvalue weighted by Crippen LogP contribution is -1.92. The summed E-state index contributed by atoms with van der Waals surface area (Å²) in [5.74, 6) is 0. The number of benzene rings is 1. The highest BCUT2D eigenvalue weighted by atomic mass is 14.1. The molecule has 0 heterocycles. The van der Waals surface area contributed by atoms with E-state index in [0.717, 1.165) is 44.1 Å². The normalized spacial score (nSPS) is 12.0. The average molecular weight is 391 g/mol. The Morgan fingerprint density at radius 2 is 1.07 bits per heavy atom. The van der Waals surface area contributed by atoms with Crippen molar-refractivity contribution in [2.24, 2.45) is 0 Å². The number of rotatable bonds is 11. The zero-order valence-corrected chi connectivity index (χ0v) is 20.0. The van der Waals surface area contributed by atoms with Gasteiger partial charge in [0.25, 0.3) is 0 Å². The second kappa shape index (κ2) is 13.2. The first-order chi connectivity index (χ1) is 13.7. The number of allylic oxidation sites excluding steroid dienone is 9. The Kier molecular flexibility index (Phi) is 11.4. The summed E-state index contributed by atoms with van der Waals surface area (Å²) in [5.41, 5.74) is 10.9. The molecule has 0 amide bonds. The third-order valence-corrected chi connectivity index (χ3v) is 5.10. The molecule has 0 saturated heterocycles. The largest absolute Gasteiger partial charge is 0.0955 e. The van der Waals surface area contributed by atoms with E-state index in [1.165, 1.54) is 39.0 Å². The van der Waals surface area contributed by atoms with Crippen LogP contribution in [-0.2, 0) is 12.8 Å². The molecule has 0 unspecified atom stereocenters. The van der Waals surface area contributed by atoms with Gasteiger partial charge in [0.1, 0.15) is 0 Å². The Morgan fingerprint density at radius 1 is 0.655 bits per heavy atom. The molecule has 29 heavy (non-hydrogen) atoms. The van der Waals surface area contributed by atoms with Crippen LogP contribution in [0.25, 0.3) is 5.57 Å². The third kappa shape index (κ3) is 11.5. The van der Waals surface area contributed by atoms with Crippen molar-refractivity contribution in [2.75, 3.05) is 0 Å². The Bertz CT molecular complexity index is 727. The summed E-state index contributed by atoms with van der Waals surface area (Å²) in [6.07, 6.45) is 16.0. The van der Waals surface area contributed by atoms with E-state index < -0.39 is 0 Å². The summed E-state index contributed by atoms with van der Waals surface area (Å²) in [4.78, 5) is 0. The maximum Gasteiger partial charge on any atom is -0.00946 e. The van der Waals surface area contributed by atoms with Gasteiger partial charge < -0.3 is 0 Å². The fourth-order valence-electron chi connectivity index (χ4n) is 3.21. The standard InChI is InChI=1S/C29H42/c1-22(2)11-9-13-25(7)15-17-27-19-28(21-29(20-27)24(5)6)18-16-26(8)14-10-12-23(3)4/h11-12,15-16,19-21H,5,9-10,13-14,17-18H2,1-4,6-8H3/b25-15+,26-16+. The Morgan fingerprint density at radius 3 is 1.41 bits per heavy atom. The van der Waals surface area contributed by atoms with Gasteiger partial charge in [0.05, 0.1) is 0 Å². The van der Waals surface area contributed by atoms with Crippen molar-refractivity contribution in [2.45, 2.75) is 87.0 Å². The molecule has 1 aromatic carbocycles. The van der Waals surface area contributed by atoms with E-state index in [1.807, 2.05) is 0 Å². The topological polar surface area (TPSA) is 0 Å². The molecule has 1 rings (SSSR count). The molecule has 0 bridgehead atoms. The quantitative estimate of drug-likeness (QED) is 0.330. The van der Waals surface area contributed by atoms with E-state index in [2.05, 4.69) is 97.5 Å². The number of hydrogen-bond donors (Lipinski definition) is 0. The molecule has 0 fully saturated rings. The van der Waals surface area contributed by atoms with Gasteiger partial charge in [-0.1, -0.05) is 76.9 Å². The fraction of sp³-hybridized carbons (Fsp3) is 0.448. The van der Waals surface area contributed by atoms with Gasteiger partial charge >= 0.3 is 0 Å². The molecule has 1 aromatic rings. The predicted molar refractivity (Wildman–Crippen MR) is 133 cm³/mol. The van der Waals surface area contributed by atoms with Crippen LogP contribution >= 0.6 is 0 Å². The summed E-state index contributed by atoms with van der Waals surface area (Å²) >= 11 is 0. The van der Waals surface area contributed by atoms with Crippen molar-refractivity contribution < 1.29 is 0 Å².